The third kappa shape index (κ3) is 3.03. The van der Waals surface area contributed by atoms with E-state index in [-0.39, 0.29) is 12.3 Å². The van der Waals surface area contributed by atoms with Crippen LogP contribution in [0.3, 0.4) is 0 Å². The van der Waals surface area contributed by atoms with Crippen molar-refractivity contribution in [1.82, 2.24) is 0 Å². The van der Waals surface area contributed by atoms with Crippen molar-refractivity contribution >= 4 is 0 Å². The molecule has 0 aliphatic rings. The van der Waals surface area contributed by atoms with E-state index in [1.807, 2.05) is 13.8 Å². The highest BCUT2D eigenvalue weighted by atomic mass is 19.4. The van der Waals surface area contributed by atoms with Crippen LogP contribution < -0.4 is 0 Å². The smallest absolute Gasteiger partial charge is 0.171 e. The van der Waals surface area contributed by atoms with E-state index in [0.717, 1.165) is 0 Å². The Bertz CT molecular complexity index is 113. The van der Waals surface area contributed by atoms with E-state index < -0.39 is 12.1 Å². The first kappa shape index (κ1) is 11.8. The average molecular weight is 182 g/mol. The van der Waals surface area contributed by atoms with Crippen LogP contribution >= 0.6 is 0 Å². The molecule has 0 aliphatic heterocycles. The van der Waals surface area contributed by atoms with Crippen LogP contribution in [0, 0.1) is 11.8 Å². The average Bonchev–Trinajstić information content (AvgIpc) is 1.97. The summed E-state index contributed by atoms with van der Waals surface area (Å²) >= 11 is 0. The Morgan fingerprint density at radius 2 is 1.33 bits per heavy atom. The van der Waals surface area contributed by atoms with Crippen molar-refractivity contribution in [2.24, 2.45) is 11.8 Å². The van der Waals surface area contributed by atoms with Crippen molar-refractivity contribution in [3.05, 3.63) is 0 Å². The predicted octanol–water partition coefficient (Wildman–Crippen LogP) is 4.01. The molecule has 0 rings (SSSR count). The van der Waals surface area contributed by atoms with E-state index in [1.165, 1.54) is 0 Å². The quantitative estimate of drug-likeness (QED) is 0.616. The lowest BCUT2D eigenvalue weighted by Crippen LogP contribution is -2.29. The van der Waals surface area contributed by atoms with Gasteiger partial charge in [-0.25, -0.2) is 0 Å². The molecule has 0 amide bonds. The Labute approximate surface area is 72.2 Å². The van der Waals surface area contributed by atoms with Gasteiger partial charge >= 0.3 is 6.18 Å². The molecule has 0 N–H and O–H groups in total. The summed E-state index contributed by atoms with van der Waals surface area (Å²) < 4.78 is 37.0. The molecule has 0 aromatic carbocycles. The van der Waals surface area contributed by atoms with Crippen LogP contribution in [0.25, 0.3) is 0 Å². The molecule has 12 heavy (non-hydrogen) atoms. The van der Waals surface area contributed by atoms with Crippen molar-refractivity contribution in [2.45, 2.75) is 46.2 Å². The largest absolute Gasteiger partial charge is 0.392 e. The van der Waals surface area contributed by atoms with Gasteiger partial charge in [-0.05, 0) is 12.3 Å². The van der Waals surface area contributed by atoms with Gasteiger partial charge < -0.3 is 0 Å². The van der Waals surface area contributed by atoms with Gasteiger partial charge in [0.25, 0.3) is 0 Å². The Balaban J connectivity index is 4.31. The molecule has 1 atom stereocenters. The van der Waals surface area contributed by atoms with Crippen molar-refractivity contribution in [3.8, 4) is 0 Å². The van der Waals surface area contributed by atoms with Crippen LogP contribution in [0.5, 0.6) is 0 Å². The zero-order valence-corrected chi connectivity index (χ0v) is 7.91. The summed E-state index contributed by atoms with van der Waals surface area (Å²) in [7, 11) is 0. The third-order valence-electron chi connectivity index (χ3n) is 2.48. The van der Waals surface area contributed by atoms with Gasteiger partial charge in [0.1, 0.15) is 0 Å². The lowest BCUT2D eigenvalue weighted by molar-refractivity contribution is -0.190. The van der Waals surface area contributed by atoms with Crippen molar-refractivity contribution in [3.63, 3.8) is 0 Å². The molecule has 3 heteroatoms. The second-order valence-electron chi connectivity index (χ2n) is 3.13. The van der Waals surface area contributed by atoms with Gasteiger partial charge in [0, 0.05) is 0 Å². The molecule has 0 aromatic rings. The molecule has 1 unspecified atom stereocenters. The molecule has 0 bridgehead atoms. The highest BCUT2D eigenvalue weighted by molar-refractivity contribution is 4.73. The standard InChI is InChI=1S/C9H17F3/c1-4-7(5-2)8(6-3)9(10,11)12/h7-8H,4-6H2,1-3H3. The molecule has 0 aliphatic carbocycles. The fourth-order valence-electron chi connectivity index (χ4n) is 1.69. The number of rotatable bonds is 4. The molecular formula is C9H17F3. The van der Waals surface area contributed by atoms with Crippen LogP contribution in [0.2, 0.25) is 0 Å². The normalized spacial score (nSPS) is 15.2. The SMILES string of the molecule is CCC(CC)C(CC)C(F)(F)F. The monoisotopic (exact) mass is 182 g/mol. The fourth-order valence-corrected chi connectivity index (χ4v) is 1.69. The summed E-state index contributed by atoms with van der Waals surface area (Å²) in [5, 5.41) is 0. The first-order valence-electron chi connectivity index (χ1n) is 4.54. The number of hydrogen-bond acceptors (Lipinski definition) is 0. The zero-order valence-electron chi connectivity index (χ0n) is 7.91. The number of alkyl halides is 3. The summed E-state index contributed by atoms with van der Waals surface area (Å²) in [6.45, 7) is 5.25. The second kappa shape index (κ2) is 4.73. The lowest BCUT2D eigenvalue weighted by Gasteiger charge is -2.26. The van der Waals surface area contributed by atoms with Crippen LogP contribution in [0.1, 0.15) is 40.0 Å². The Kier molecular flexibility index (Phi) is 4.64. The van der Waals surface area contributed by atoms with Crippen LogP contribution in [0.4, 0.5) is 13.2 Å². The molecule has 0 saturated heterocycles. The van der Waals surface area contributed by atoms with E-state index in [1.54, 1.807) is 6.92 Å². The first-order chi connectivity index (χ1) is 5.47. The van der Waals surface area contributed by atoms with Crippen molar-refractivity contribution in [2.75, 3.05) is 0 Å². The van der Waals surface area contributed by atoms with Gasteiger partial charge in [-0.3, -0.25) is 0 Å². The van der Waals surface area contributed by atoms with E-state index in [0.29, 0.717) is 12.8 Å². The lowest BCUT2D eigenvalue weighted by atomic mass is 9.85. The Morgan fingerprint density at radius 1 is 0.917 bits per heavy atom. The fraction of sp³-hybridized carbons (Fsp3) is 1.00. The van der Waals surface area contributed by atoms with Gasteiger partial charge in [0.15, 0.2) is 0 Å². The van der Waals surface area contributed by atoms with Crippen LogP contribution in [-0.2, 0) is 0 Å². The predicted molar refractivity (Wildman–Crippen MR) is 43.9 cm³/mol. The maximum Gasteiger partial charge on any atom is 0.392 e. The molecule has 0 fully saturated rings. The molecule has 0 heterocycles. The zero-order chi connectivity index (χ0) is 9.78. The molecule has 0 nitrogen and oxygen atoms in total. The molecule has 74 valence electrons. The summed E-state index contributed by atoms with van der Waals surface area (Å²) in [6, 6.07) is 0. The van der Waals surface area contributed by atoms with E-state index in [4.69, 9.17) is 0 Å². The summed E-state index contributed by atoms with van der Waals surface area (Å²) in [5.41, 5.74) is 0. The molecular weight excluding hydrogens is 165 g/mol. The van der Waals surface area contributed by atoms with E-state index >= 15 is 0 Å². The summed E-state index contributed by atoms with van der Waals surface area (Å²) in [6.07, 6.45) is -2.57. The minimum absolute atomic E-state index is 0.199. The number of halogens is 3. The summed E-state index contributed by atoms with van der Waals surface area (Å²) in [5.74, 6) is -1.30. The second-order valence-corrected chi connectivity index (χ2v) is 3.13. The third-order valence-corrected chi connectivity index (χ3v) is 2.48. The maximum absolute atomic E-state index is 12.3. The molecule has 0 radical (unpaired) electrons. The number of hydrogen-bond donors (Lipinski definition) is 0. The first-order valence-corrected chi connectivity index (χ1v) is 4.54. The van der Waals surface area contributed by atoms with Gasteiger partial charge in [0.05, 0.1) is 5.92 Å². The highest BCUT2D eigenvalue weighted by Crippen LogP contribution is 2.37. The Hall–Kier alpha value is -0.210. The van der Waals surface area contributed by atoms with Gasteiger partial charge in [-0.2, -0.15) is 13.2 Å². The minimum atomic E-state index is -4.01. The topological polar surface area (TPSA) is 0 Å². The van der Waals surface area contributed by atoms with Crippen molar-refractivity contribution < 1.29 is 13.2 Å². The Morgan fingerprint density at radius 3 is 1.42 bits per heavy atom. The van der Waals surface area contributed by atoms with Crippen molar-refractivity contribution in [1.29, 1.82) is 0 Å². The van der Waals surface area contributed by atoms with Crippen LogP contribution in [-0.4, -0.2) is 6.18 Å². The maximum atomic E-state index is 12.3. The van der Waals surface area contributed by atoms with Gasteiger partial charge in [-0.1, -0.05) is 33.6 Å². The molecule has 0 spiro atoms. The van der Waals surface area contributed by atoms with E-state index in [2.05, 4.69) is 0 Å². The van der Waals surface area contributed by atoms with Gasteiger partial charge in [-0.15, -0.1) is 0 Å². The van der Waals surface area contributed by atoms with E-state index in [9.17, 15) is 13.2 Å². The highest BCUT2D eigenvalue weighted by Gasteiger charge is 2.41. The van der Waals surface area contributed by atoms with Gasteiger partial charge in [0.2, 0.25) is 0 Å². The summed E-state index contributed by atoms with van der Waals surface area (Å²) in [4.78, 5) is 0. The molecule has 0 saturated carbocycles. The minimum Gasteiger partial charge on any atom is -0.171 e. The molecule has 0 aromatic heterocycles. The van der Waals surface area contributed by atoms with Crippen LogP contribution in [0.15, 0.2) is 0 Å².